The van der Waals surface area contributed by atoms with Gasteiger partial charge in [-0.25, -0.2) is 13.9 Å². The van der Waals surface area contributed by atoms with Crippen molar-refractivity contribution in [2.24, 2.45) is 0 Å². The summed E-state index contributed by atoms with van der Waals surface area (Å²) in [6.45, 7) is 1.08. The van der Waals surface area contributed by atoms with Crippen molar-refractivity contribution in [1.29, 1.82) is 0 Å². The van der Waals surface area contributed by atoms with Gasteiger partial charge in [0.2, 0.25) is 0 Å². The van der Waals surface area contributed by atoms with Crippen LogP contribution in [-0.2, 0) is 0 Å². The Morgan fingerprint density at radius 2 is 1.87 bits per heavy atom. The zero-order valence-electron chi connectivity index (χ0n) is 16.6. The van der Waals surface area contributed by atoms with E-state index in [-0.39, 0.29) is 11.7 Å². The van der Waals surface area contributed by atoms with E-state index in [1.165, 1.54) is 12.3 Å². The zero-order chi connectivity index (χ0) is 20.9. The van der Waals surface area contributed by atoms with E-state index in [1.807, 2.05) is 48.3 Å². The second-order valence-corrected chi connectivity index (χ2v) is 6.97. The van der Waals surface area contributed by atoms with Gasteiger partial charge >= 0.3 is 0 Å². The molecule has 0 saturated carbocycles. The minimum Gasteiger partial charge on any atom is -0.372 e. The third-order valence-electron chi connectivity index (χ3n) is 4.93. The van der Waals surface area contributed by atoms with Crippen LogP contribution in [0.2, 0.25) is 0 Å². The fourth-order valence-electron chi connectivity index (χ4n) is 3.37. The normalized spacial score (nSPS) is 10.9. The maximum Gasteiger partial charge on any atom is 0.256 e. The summed E-state index contributed by atoms with van der Waals surface area (Å²) in [7, 11) is 1.83. The van der Waals surface area contributed by atoms with Crippen molar-refractivity contribution in [2.45, 2.75) is 6.42 Å². The molecule has 7 heteroatoms. The van der Waals surface area contributed by atoms with E-state index in [2.05, 4.69) is 15.4 Å². The monoisotopic (exact) mass is 403 g/mol. The second-order valence-electron chi connectivity index (χ2n) is 6.97. The molecule has 0 unspecified atom stereocenters. The van der Waals surface area contributed by atoms with Gasteiger partial charge in [0, 0.05) is 31.9 Å². The number of amides is 1. The maximum absolute atomic E-state index is 13.8. The van der Waals surface area contributed by atoms with E-state index >= 15 is 0 Å². The van der Waals surface area contributed by atoms with E-state index in [4.69, 9.17) is 0 Å². The largest absolute Gasteiger partial charge is 0.372 e. The predicted octanol–water partition coefficient (Wildman–Crippen LogP) is 3.79. The fraction of sp³-hybridized carbons (Fsp3) is 0.174. The van der Waals surface area contributed by atoms with Crippen LogP contribution in [0.5, 0.6) is 0 Å². The van der Waals surface area contributed by atoms with Crippen molar-refractivity contribution in [1.82, 2.24) is 19.9 Å². The second kappa shape index (κ2) is 8.73. The van der Waals surface area contributed by atoms with Crippen molar-refractivity contribution in [3.05, 3.63) is 84.4 Å². The molecule has 152 valence electrons. The molecule has 2 aromatic heterocycles. The van der Waals surface area contributed by atoms with Gasteiger partial charge in [0.1, 0.15) is 11.4 Å². The first-order valence-electron chi connectivity index (χ1n) is 9.77. The zero-order valence-corrected chi connectivity index (χ0v) is 16.6. The fourth-order valence-corrected chi connectivity index (χ4v) is 3.37. The first-order chi connectivity index (χ1) is 14.6. The Hall–Kier alpha value is -3.74. The molecule has 4 rings (SSSR count). The number of nitrogens with zero attached hydrogens (tertiary/aromatic N) is 4. The molecule has 0 aliphatic heterocycles. The summed E-state index contributed by atoms with van der Waals surface area (Å²) >= 11 is 0. The Morgan fingerprint density at radius 1 is 1.10 bits per heavy atom. The standard InChI is InChI=1S/C23H22FN5O/c1-28(21-11-6-5-10-19(21)24)15-7-13-26-23(30)18-16-27-29-20(12-14-25-22(18)29)17-8-3-2-4-9-17/h2-6,8-12,14,16H,7,13,15H2,1H3,(H,26,30). The van der Waals surface area contributed by atoms with Crippen molar-refractivity contribution in [2.75, 3.05) is 25.0 Å². The van der Waals surface area contributed by atoms with Crippen LogP contribution < -0.4 is 10.2 Å². The SMILES string of the molecule is CN(CCCNC(=O)c1cnn2c(-c3ccccc3)ccnc12)c1ccccc1F. The molecule has 0 aliphatic carbocycles. The molecule has 6 nitrogen and oxygen atoms in total. The first-order valence-corrected chi connectivity index (χ1v) is 9.77. The quantitative estimate of drug-likeness (QED) is 0.477. The molecule has 0 fully saturated rings. The van der Waals surface area contributed by atoms with Crippen LogP contribution in [0.3, 0.4) is 0 Å². The van der Waals surface area contributed by atoms with Crippen LogP contribution in [0.15, 0.2) is 73.1 Å². The molecule has 2 aromatic carbocycles. The Morgan fingerprint density at radius 3 is 2.67 bits per heavy atom. The van der Waals surface area contributed by atoms with Gasteiger partial charge in [-0.1, -0.05) is 42.5 Å². The molecule has 30 heavy (non-hydrogen) atoms. The number of carbonyl (C=O) groups excluding carboxylic acids is 1. The van der Waals surface area contributed by atoms with Crippen LogP contribution in [0.25, 0.3) is 16.9 Å². The van der Waals surface area contributed by atoms with E-state index in [0.29, 0.717) is 36.4 Å². The molecule has 1 amide bonds. The number of halogens is 1. The summed E-state index contributed by atoms with van der Waals surface area (Å²) in [5.41, 5.74) is 3.35. The third-order valence-corrected chi connectivity index (χ3v) is 4.93. The predicted molar refractivity (Wildman–Crippen MR) is 115 cm³/mol. The van der Waals surface area contributed by atoms with Gasteiger partial charge in [-0.3, -0.25) is 4.79 Å². The highest BCUT2D eigenvalue weighted by Gasteiger charge is 2.16. The average Bonchev–Trinajstić information content (AvgIpc) is 3.22. The number of carbonyl (C=O) groups is 1. The van der Waals surface area contributed by atoms with Gasteiger partial charge in [-0.05, 0) is 24.6 Å². The number of nitrogens with one attached hydrogen (secondary N) is 1. The molecular formula is C23H22FN5O. The third kappa shape index (κ3) is 4.00. The van der Waals surface area contributed by atoms with Crippen molar-refractivity contribution in [3.8, 4) is 11.3 Å². The topological polar surface area (TPSA) is 62.5 Å². The van der Waals surface area contributed by atoms with Gasteiger partial charge in [0.25, 0.3) is 5.91 Å². The van der Waals surface area contributed by atoms with Crippen molar-refractivity contribution in [3.63, 3.8) is 0 Å². The molecule has 0 bridgehead atoms. The lowest BCUT2D eigenvalue weighted by Crippen LogP contribution is -2.28. The summed E-state index contributed by atoms with van der Waals surface area (Å²) in [5, 5.41) is 7.27. The van der Waals surface area contributed by atoms with E-state index in [0.717, 1.165) is 11.3 Å². The molecule has 0 atom stereocenters. The summed E-state index contributed by atoms with van der Waals surface area (Å²) in [6, 6.07) is 18.4. The minimum absolute atomic E-state index is 0.226. The lowest BCUT2D eigenvalue weighted by atomic mass is 10.1. The molecule has 4 aromatic rings. The number of benzene rings is 2. The molecule has 2 heterocycles. The number of aromatic nitrogens is 3. The number of para-hydroxylation sites is 1. The van der Waals surface area contributed by atoms with Gasteiger partial charge in [0.05, 0.1) is 17.6 Å². The number of anilines is 1. The molecule has 0 aliphatic rings. The van der Waals surface area contributed by atoms with E-state index in [9.17, 15) is 9.18 Å². The Kier molecular flexibility index (Phi) is 5.70. The summed E-state index contributed by atoms with van der Waals surface area (Å²) < 4.78 is 15.5. The molecule has 0 saturated heterocycles. The van der Waals surface area contributed by atoms with Gasteiger partial charge in [0.15, 0.2) is 5.65 Å². The number of hydrogen-bond acceptors (Lipinski definition) is 4. The van der Waals surface area contributed by atoms with Gasteiger partial charge < -0.3 is 10.2 Å². The smallest absolute Gasteiger partial charge is 0.256 e. The van der Waals surface area contributed by atoms with Crippen LogP contribution in [-0.4, -0.2) is 40.6 Å². The number of hydrogen-bond donors (Lipinski definition) is 1. The minimum atomic E-state index is -0.254. The van der Waals surface area contributed by atoms with E-state index < -0.39 is 0 Å². The Labute approximate surface area is 174 Å². The Bertz CT molecular complexity index is 1160. The summed E-state index contributed by atoms with van der Waals surface area (Å²) in [5.74, 6) is -0.480. The van der Waals surface area contributed by atoms with Crippen LogP contribution in [0.4, 0.5) is 10.1 Å². The lowest BCUT2D eigenvalue weighted by Gasteiger charge is -2.19. The summed E-state index contributed by atoms with van der Waals surface area (Å²) in [4.78, 5) is 18.8. The first kappa shape index (κ1) is 19.6. The highest BCUT2D eigenvalue weighted by molar-refractivity contribution is 5.99. The summed E-state index contributed by atoms with van der Waals surface area (Å²) in [6.07, 6.45) is 3.90. The molecular weight excluding hydrogens is 381 g/mol. The highest BCUT2D eigenvalue weighted by Crippen LogP contribution is 2.20. The maximum atomic E-state index is 13.8. The van der Waals surface area contributed by atoms with Crippen LogP contribution >= 0.6 is 0 Å². The number of rotatable bonds is 7. The molecule has 0 spiro atoms. The average molecular weight is 403 g/mol. The number of fused-ring (bicyclic) bond motifs is 1. The van der Waals surface area contributed by atoms with Gasteiger partial charge in [-0.15, -0.1) is 0 Å². The van der Waals surface area contributed by atoms with E-state index in [1.54, 1.807) is 28.9 Å². The Balaban J connectivity index is 1.40. The highest BCUT2D eigenvalue weighted by atomic mass is 19.1. The van der Waals surface area contributed by atoms with Crippen LogP contribution in [0, 0.1) is 5.82 Å². The molecule has 1 N–H and O–H groups in total. The van der Waals surface area contributed by atoms with Gasteiger partial charge in [-0.2, -0.15) is 5.10 Å². The molecule has 0 radical (unpaired) electrons. The van der Waals surface area contributed by atoms with Crippen LogP contribution in [0.1, 0.15) is 16.8 Å². The van der Waals surface area contributed by atoms with Crippen molar-refractivity contribution < 1.29 is 9.18 Å². The lowest BCUT2D eigenvalue weighted by molar-refractivity contribution is 0.0955. The van der Waals surface area contributed by atoms with Crippen molar-refractivity contribution >= 4 is 17.2 Å².